The third-order valence-electron chi connectivity index (χ3n) is 3.58. The quantitative estimate of drug-likeness (QED) is 0.696. The molecule has 0 aliphatic heterocycles. The van der Waals surface area contributed by atoms with Gasteiger partial charge in [0.2, 0.25) is 5.91 Å². The van der Waals surface area contributed by atoms with E-state index in [9.17, 15) is 14.4 Å². The number of aryl methyl sites for hydroxylation is 2. The van der Waals surface area contributed by atoms with Crippen LogP contribution in [0.1, 0.15) is 11.1 Å². The summed E-state index contributed by atoms with van der Waals surface area (Å²) in [6.07, 6.45) is 0. The molecule has 0 radical (unpaired) electrons. The minimum atomic E-state index is -0.910. The van der Waals surface area contributed by atoms with Crippen molar-refractivity contribution in [2.45, 2.75) is 13.8 Å². The van der Waals surface area contributed by atoms with Gasteiger partial charge in [0, 0.05) is 11.4 Å². The van der Waals surface area contributed by atoms with Gasteiger partial charge in [-0.1, -0.05) is 29.3 Å². The van der Waals surface area contributed by atoms with Crippen LogP contribution in [0, 0.1) is 13.8 Å². The Morgan fingerprint density at radius 1 is 0.808 bits per heavy atom. The summed E-state index contributed by atoms with van der Waals surface area (Å²) in [7, 11) is 0. The normalized spacial score (nSPS) is 10.2. The van der Waals surface area contributed by atoms with Gasteiger partial charge in [-0.25, -0.2) is 0 Å². The van der Waals surface area contributed by atoms with Crippen molar-refractivity contribution in [2.75, 3.05) is 17.2 Å². The lowest BCUT2D eigenvalue weighted by Gasteiger charge is -2.09. The van der Waals surface area contributed by atoms with Crippen LogP contribution in [-0.2, 0) is 14.4 Å². The summed E-state index contributed by atoms with van der Waals surface area (Å²) in [5.74, 6) is -2.26. The molecule has 0 spiro atoms. The number of hydrogen-bond acceptors (Lipinski definition) is 3. The van der Waals surface area contributed by atoms with Crippen molar-refractivity contribution in [1.29, 1.82) is 0 Å². The van der Waals surface area contributed by atoms with Gasteiger partial charge in [-0.05, 0) is 55.3 Å². The monoisotopic (exact) mass is 393 g/mol. The van der Waals surface area contributed by atoms with Gasteiger partial charge in [-0.2, -0.15) is 0 Å². The van der Waals surface area contributed by atoms with E-state index < -0.39 is 17.7 Å². The molecule has 2 rings (SSSR count). The summed E-state index contributed by atoms with van der Waals surface area (Å²) in [4.78, 5) is 35.5. The minimum absolute atomic E-state index is 0.293. The SMILES string of the molecule is Cc1ccc(NC(=O)C(=O)NCC(=O)Nc2ccc(Cl)c(Cl)c2)cc1C. The standard InChI is InChI=1S/C18H17Cl2N3O3/c1-10-3-4-12(7-11(10)2)23-18(26)17(25)21-9-16(24)22-13-5-6-14(19)15(20)8-13/h3-8H,9H2,1-2H3,(H,21,25)(H,22,24)(H,23,26). The first kappa shape index (κ1) is 19.8. The lowest BCUT2D eigenvalue weighted by molar-refractivity contribution is -0.136. The van der Waals surface area contributed by atoms with Gasteiger partial charge in [0.05, 0.1) is 16.6 Å². The smallest absolute Gasteiger partial charge is 0.313 e. The fourth-order valence-electron chi connectivity index (χ4n) is 2.03. The fraction of sp³-hybridized carbons (Fsp3) is 0.167. The molecule has 0 aromatic heterocycles. The second-order valence-corrected chi connectivity index (χ2v) is 6.43. The molecule has 0 atom stereocenters. The highest BCUT2D eigenvalue weighted by molar-refractivity contribution is 6.42. The number of rotatable bonds is 4. The third-order valence-corrected chi connectivity index (χ3v) is 4.32. The Hall–Kier alpha value is -2.57. The summed E-state index contributed by atoms with van der Waals surface area (Å²) >= 11 is 11.7. The zero-order valence-corrected chi connectivity index (χ0v) is 15.7. The molecule has 3 N–H and O–H groups in total. The molecular formula is C18H17Cl2N3O3. The largest absolute Gasteiger partial charge is 0.339 e. The second-order valence-electron chi connectivity index (χ2n) is 5.61. The van der Waals surface area contributed by atoms with Crippen LogP contribution in [0.25, 0.3) is 0 Å². The topological polar surface area (TPSA) is 87.3 Å². The molecule has 6 nitrogen and oxygen atoms in total. The van der Waals surface area contributed by atoms with E-state index in [2.05, 4.69) is 16.0 Å². The van der Waals surface area contributed by atoms with Crippen LogP contribution in [0.15, 0.2) is 36.4 Å². The highest BCUT2D eigenvalue weighted by Gasteiger charge is 2.15. The van der Waals surface area contributed by atoms with Crippen molar-refractivity contribution >= 4 is 52.3 Å². The van der Waals surface area contributed by atoms with E-state index in [0.29, 0.717) is 21.4 Å². The molecule has 0 unspecified atom stereocenters. The Kier molecular flexibility index (Phi) is 6.60. The Balaban J connectivity index is 1.84. The van der Waals surface area contributed by atoms with Crippen LogP contribution >= 0.6 is 23.2 Å². The van der Waals surface area contributed by atoms with Crippen molar-refractivity contribution in [3.63, 3.8) is 0 Å². The molecule has 26 heavy (non-hydrogen) atoms. The lowest BCUT2D eigenvalue weighted by Crippen LogP contribution is -2.39. The number of anilines is 2. The van der Waals surface area contributed by atoms with Crippen LogP contribution in [0.4, 0.5) is 11.4 Å². The van der Waals surface area contributed by atoms with Gasteiger partial charge in [0.1, 0.15) is 0 Å². The third kappa shape index (κ3) is 5.47. The van der Waals surface area contributed by atoms with E-state index in [1.54, 1.807) is 18.2 Å². The molecule has 0 saturated heterocycles. The molecule has 0 aliphatic rings. The van der Waals surface area contributed by atoms with Gasteiger partial charge >= 0.3 is 11.8 Å². The van der Waals surface area contributed by atoms with Crippen LogP contribution in [0.3, 0.4) is 0 Å². The molecule has 3 amide bonds. The summed E-state index contributed by atoms with van der Waals surface area (Å²) in [6, 6.07) is 9.89. The summed E-state index contributed by atoms with van der Waals surface area (Å²) in [5, 5.41) is 7.93. The number of halogens is 2. The van der Waals surface area contributed by atoms with Crippen LogP contribution in [-0.4, -0.2) is 24.3 Å². The average Bonchev–Trinajstić information content (AvgIpc) is 2.59. The van der Waals surface area contributed by atoms with Crippen LogP contribution in [0.2, 0.25) is 10.0 Å². The predicted molar refractivity (Wildman–Crippen MR) is 103 cm³/mol. The van der Waals surface area contributed by atoms with Gasteiger partial charge in [-0.15, -0.1) is 0 Å². The maximum absolute atomic E-state index is 11.9. The average molecular weight is 394 g/mol. The number of benzene rings is 2. The van der Waals surface area contributed by atoms with Gasteiger partial charge in [-0.3, -0.25) is 14.4 Å². The predicted octanol–water partition coefficient (Wildman–Crippen LogP) is 3.30. The zero-order valence-electron chi connectivity index (χ0n) is 14.2. The molecule has 2 aromatic carbocycles. The van der Waals surface area contributed by atoms with Crippen molar-refractivity contribution in [3.05, 3.63) is 57.6 Å². The number of hydrogen-bond donors (Lipinski definition) is 3. The summed E-state index contributed by atoms with van der Waals surface area (Å²) in [6.45, 7) is 3.48. The minimum Gasteiger partial charge on any atom is -0.339 e. The van der Waals surface area contributed by atoms with Crippen molar-refractivity contribution in [3.8, 4) is 0 Å². The van der Waals surface area contributed by atoms with E-state index in [0.717, 1.165) is 11.1 Å². The number of carbonyl (C=O) groups is 3. The van der Waals surface area contributed by atoms with Crippen molar-refractivity contribution in [2.24, 2.45) is 0 Å². The maximum Gasteiger partial charge on any atom is 0.313 e. The van der Waals surface area contributed by atoms with Crippen LogP contribution < -0.4 is 16.0 Å². The van der Waals surface area contributed by atoms with E-state index in [1.807, 2.05) is 19.9 Å². The zero-order chi connectivity index (χ0) is 19.3. The molecule has 0 heterocycles. The van der Waals surface area contributed by atoms with Gasteiger partial charge in [0.25, 0.3) is 0 Å². The highest BCUT2D eigenvalue weighted by Crippen LogP contribution is 2.24. The Morgan fingerprint density at radius 3 is 2.12 bits per heavy atom. The number of carbonyl (C=O) groups excluding carboxylic acids is 3. The van der Waals surface area contributed by atoms with E-state index in [4.69, 9.17) is 23.2 Å². The second kappa shape index (κ2) is 8.69. The van der Waals surface area contributed by atoms with E-state index >= 15 is 0 Å². The molecule has 0 bridgehead atoms. The highest BCUT2D eigenvalue weighted by atomic mass is 35.5. The number of nitrogens with one attached hydrogen (secondary N) is 3. The van der Waals surface area contributed by atoms with Crippen molar-refractivity contribution in [1.82, 2.24) is 5.32 Å². The summed E-state index contributed by atoms with van der Waals surface area (Å²) < 4.78 is 0. The molecule has 2 aromatic rings. The number of amides is 3. The maximum atomic E-state index is 11.9. The van der Waals surface area contributed by atoms with Crippen LogP contribution in [0.5, 0.6) is 0 Å². The molecule has 0 fully saturated rings. The van der Waals surface area contributed by atoms with E-state index in [-0.39, 0.29) is 6.54 Å². The molecule has 8 heteroatoms. The summed E-state index contributed by atoms with van der Waals surface area (Å²) in [5.41, 5.74) is 3.00. The first-order valence-corrected chi connectivity index (χ1v) is 8.43. The van der Waals surface area contributed by atoms with Gasteiger partial charge in [0.15, 0.2) is 0 Å². The fourth-order valence-corrected chi connectivity index (χ4v) is 2.33. The van der Waals surface area contributed by atoms with Gasteiger partial charge < -0.3 is 16.0 Å². The van der Waals surface area contributed by atoms with Crippen molar-refractivity contribution < 1.29 is 14.4 Å². The first-order chi connectivity index (χ1) is 12.3. The van der Waals surface area contributed by atoms with E-state index in [1.165, 1.54) is 12.1 Å². The molecule has 0 aliphatic carbocycles. The molecular weight excluding hydrogens is 377 g/mol. The Morgan fingerprint density at radius 2 is 1.46 bits per heavy atom. The first-order valence-electron chi connectivity index (χ1n) is 7.67. The lowest BCUT2D eigenvalue weighted by atomic mass is 10.1. The molecule has 136 valence electrons. The Labute approximate surface area is 160 Å². The Bertz CT molecular complexity index is 869. The molecule has 0 saturated carbocycles.